The number of halogens is 1. The molecule has 30 heavy (non-hydrogen) atoms. The van der Waals surface area contributed by atoms with Gasteiger partial charge in [0.1, 0.15) is 5.82 Å². The number of aliphatic hydroxyl groups is 1. The average Bonchev–Trinajstić information content (AvgIpc) is 2.98. The molecule has 0 saturated heterocycles. The van der Waals surface area contributed by atoms with Crippen molar-refractivity contribution >= 4 is 5.91 Å². The number of rotatable bonds is 2. The molecule has 1 amide bonds. The monoisotopic (exact) mass is 411 g/mol. The highest BCUT2D eigenvalue weighted by molar-refractivity contribution is 5.89. The van der Waals surface area contributed by atoms with E-state index < -0.39 is 0 Å². The summed E-state index contributed by atoms with van der Waals surface area (Å²) in [4.78, 5) is 14.2. The summed E-state index contributed by atoms with van der Waals surface area (Å²) in [6, 6.07) is 7.28. The predicted octanol–water partition coefficient (Wildman–Crippen LogP) is 4.59. The minimum absolute atomic E-state index is 0.0154. The van der Waals surface area contributed by atoms with Crippen molar-refractivity contribution in [2.24, 2.45) is 34.5 Å². The summed E-state index contributed by atoms with van der Waals surface area (Å²) in [7, 11) is 1.95. The van der Waals surface area contributed by atoms with Crippen LogP contribution in [0.5, 0.6) is 0 Å². The molecule has 1 aromatic carbocycles. The van der Waals surface area contributed by atoms with Gasteiger partial charge in [0.2, 0.25) is 5.91 Å². The lowest BCUT2D eigenvalue weighted by Crippen LogP contribution is -2.59. The van der Waals surface area contributed by atoms with Gasteiger partial charge in [0.15, 0.2) is 0 Å². The normalized spacial score (nSPS) is 45.1. The van der Waals surface area contributed by atoms with Crippen molar-refractivity contribution in [3.05, 3.63) is 47.8 Å². The van der Waals surface area contributed by atoms with Crippen LogP contribution in [0.25, 0.3) is 0 Å². The minimum Gasteiger partial charge on any atom is -0.392 e. The second-order valence-corrected chi connectivity index (χ2v) is 10.9. The number of amides is 1. The fourth-order valence-electron chi connectivity index (χ4n) is 8.03. The van der Waals surface area contributed by atoms with Crippen molar-refractivity contribution in [1.82, 2.24) is 4.90 Å². The highest BCUT2D eigenvalue weighted by Crippen LogP contribution is 2.65. The van der Waals surface area contributed by atoms with Gasteiger partial charge in [-0.2, -0.15) is 0 Å². The lowest BCUT2D eigenvalue weighted by atomic mass is 9.48. The Bertz CT molecular complexity index is 884. The van der Waals surface area contributed by atoms with Gasteiger partial charge in [-0.1, -0.05) is 38.1 Å². The van der Waals surface area contributed by atoms with E-state index in [1.807, 2.05) is 24.1 Å². The van der Waals surface area contributed by atoms with E-state index in [9.17, 15) is 14.3 Å². The number of carbonyl (C=O) groups excluding carboxylic acids is 1. The number of carbonyl (C=O) groups is 1. The van der Waals surface area contributed by atoms with Crippen LogP contribution < -0.4 is 0 Å². The summed E-state index contributed by atoms with van der Waals surface area (Å²) >= 11 is 0. The molecule has 0 radical (unpaired) electrons. The van der Waals surface area contributed by atoms with E-state index in [0.717, 1.165) is 37.7 Å². The minimum atomic E-state index is -0.375. The number of nitrogens with zero attached hydrogens (tertiary/aromatic N) is 1. The number of hydrogen-bond acceptors (Lipinski definition) is 2. The average molecular weight is 412 g/mol. The molecule has 3 nitrogen and oxygen atoms in total. The molecule has 4 heteroatoms. The summed E-state index contributed by atoms with van der Waals surface area (Å²) in [5, 5.41) is 11.4. The number of benzene rings is 1. The lowest BCUT2D eigenvalue weighted by Gasteiger charge is -2.60. The predicted molar refractivity (Wildman–Crippen MR) is 115 cm³/mol. The molecule has 162 valence electrons. The first-order valence-electron chi connectivity index (χ1n) is 11.6. The van der Waals surface area contributed by atoms with Crippen LogP contribution in [-0.4, -0.2) is 35.1 Å². The van der Waals surface area contributed by atoms with Crippen molar-refractivity contribution in [2.45, 2.75) is 64.5 Å². The Hall–Kier alpha value is -1.68. The molecule has 0 bridgehead atoms. The molecule has 3 aliphatic carbocycles. The third-order valence-corrected chi connectivity index (χ3v) is 9.68. The molecule has 3 saturated carbocycles. The van der Waals surface area contributed by atoms with Crippen molar-refractivity contribution in [3.8, 4) is 0 Å². The third-order valence-electron chi connectivity index (χ3n) is 9.68. The summed E-state index contributed by atoms with van der Waals surface area (Å²) in [6.07, 6.45) is 9.46. The molecule has 1 aliphatic heterocycles. The molecule has 4 aliphatic rings. The first-order chi connectivity index (χ1) is 14.3. The molecule has 0 aromatic heterocycles. The van der Waals surface area contributed by atoms with Crippen LogP contribution >= 0.6 is 0 Å². The molecule has 5 rings (SSSR count). The van der Waals surface area contributed by atoms with Crippen LogP contribution in [0.1, 0.15) is 51.5 Å². The van der Waals surface area contributed by atoms with E-state index in [2.05, 4.69) is 19.9 Å². The van der Waals surface area contributed by atoms with E-state index in [1.54, 1.807) is 12.1 Å². The van der Waals surface area contributed by atoms with Gasteiger partial charge in [-0.25, -0.2) is 4.39 Å². The van der Waals surface area contributed by atoms with Crippen molar-refractivity contribution in [1.29, 1.82) is 0 Å². The molecule has 3 fully saturated rings. The molecular formula is C26H34FNO2. The molecule has 8 atom stereocenters. The van der Waals surface area contributed by atoms with Crippen molar-refractivity contribution in [3.63, 3.8) is 0 Å². The summed E-state index contributed by atoms with van der Waals surface area (Å²) in [5.41, 5.74) is 0.661. The maximum absolute atomic E-state index is 14.3. The van der Waals surface area contributed by atoms with Gasteiger partial charge in [0.25, 0.3) is 0 Å². The molecule has 1 N–H and O–H groups in total. The van der Waals surface area contributed by atoms with E-state index in [4.69, 9.17) is 0 Å². The standard InChI is InChI=1S/C26H34FNO2/c1-25-13-11-23(29)28(3)22(25)9-8-18-19(25)10-12-26(2)20(18)15-17(24(26)30)14-16-6-4-5-7-21(16)27/h4-7,11,13,17-20,22,24,30H,8-10,12,14-15H2,1-3H3/t17-,18-,19+,20+,22-,24?,25-,26+/m1/s1. The van der Waals surface area contributed by atoms with Gasteiger partial charge < -0.3 is 10.0 Å². The molecule has 0 spiro atoms. The van der Waals surface area contributed by atoms with Gasteiger partial charge in [-0.05, 0) is 85.3 Å². The van der Waals surface area contributed by atoms with Crippen LogP contribution in [0, 0.1) is 40.3 Å². The summed E-state index contributed by atoms with van der Waals surface area (Å²) in [5.74, 6) is 1.66. The largest absolute Gasteiger partial charge is 0.392 e. The van der Waals surface area contributed by atoms with Crippen LogP contribution in [0.3, 0.4) is 0 Å². The Morgan fingerprint density at radius 1 is 1.17 bits per heavy atom. The smallest absolute Gasteiger partial charge is 0.246 e. The molecule has 1 heterocycles. The van der Waals surface area contributed by atoms with Gasteiger partial charge in [0.05, 0.1) is 6.10 Å². The number of aliphatic hydroxyl groups excluding tert-OH is 1. The van der Waals surface area contributed by atoms with E-state index in [1.165, 1.54) is 6.07 Å². The van der Waals surface area contributed by atoms with Crippen LogP contribution in [0.15, 0.2) is 36.4 Å². The quantitative estimate of drug-likeness (QED) is 0.773. The maximum Gasteiger partial charge on any atom is 0.246 e. The second-order valence-electron chi connectivity index (χ2n) is 10.9. The van der Waals surface area contributed by atoms with Crippen molar-refractivity contribution < 1.29 is 14.3 Å². The SMILES string of the molecule is CN1C(=O)C=C[C@]2(C)[C@H]3CC[C@]4(C)C(O)[C@H](Cc5ccccc5F)C[C@H]4[C@@H]3CC[C@@H]12. The fraction of sp³-hybridized carbons (Fsp3) is 0.654. The number of likely N-dealkylation sites (N-methyl/N-ethyl adjacent to an activating group) is 1. The Balaban J connectivity index is 1.43. The molecule has 1 unspecified atom stereocenters. The Kier molecular flexibility index (Phi) is 4.66. The van der Waals surface area contributed by atoms with E-state index >= 15 is 0 Å². The third kappa shape index (κ3) is 2.75. The highest BCUT2D eigenvalue weighted by atomic mass is 19.1. The van der Waals surface area contributed by atoms with E-state index in [0.29, 0.717) is 24.2 Å². The van der Waals surface area contributed by atoms with Crippen LogP contribution in [-0.2, 0) is 11.2 Å². The fourth-order valence-corrected chi connectivity index (χ4v) is 8.03. The number of fused-ring (bicyclic) bond motifs is 5. The van der Waals surface area contributed by atoms with E-state index in [-0.39, 0.29) is 40.6 Å². The summed E-state index contributed by atoms with van der Waals surface area (Å²) in [6.45, 7) is 4.62. The Labute approximate surface area is 179 Å². The van der Waals surface area contributed by atoms with Gasteiger partial charge >= 0.3 is 0 Å². The first-order valence-corrected chi connectivity index (χ1v) is 11.6. The zero-order chi connectivity index (χ0) is 21.3. The maximum atomic E-state index is 14.3. The molecular weight excluding hydrogens is 377 g/mol. The van der Waals surface area contributed by atoms with Crippen molar-refractivity contribution in [2.75, 3.05) is 7.05 Å². The van der Waals surface area contributed by atoms with Gasteiger partial charge in [-0.3, -0.25) is 4.79 Å². The lowest BCUT2D eigenvalue weighted by molar-refractivity contribution is -0.140. The topological polar surface area (TPSA) is 40.5 Å². The molecule has 1 aromatic rings. The van der Waals surface area contributed by atoms with Crippen LogP contribution in [0.4, 0.5) is 4.39 Å². The summed E-state index contributed by atoms with van der Waals surface area (Å²) < 4.78 is 14.3. The highest BCUT2D eigenvalue weighted by Gasteiger charge is 2.62. The zero-order valence-electron chi connectivity index (χ0n) is 18.4. The Morgan fingerprint density at radius 2 is 1.93 bits per heavy atom. The first kappa shape index (κ1) is 20.2. The van der Waals surface area contributed by atoms with Crippen LogP contribution in [0.2, 0.25) is 0 Å². The van der Waals surface area contributed by atoms with Gasteiger partial charge in [0, 0.05) is 18.5 Å². The second kappa shape index (κ2) is 6.91. The van der Waals surface area contributed by atoms with Gasteiger partial charge in [-0.15, -0.1) is 0 Å². The zero-order valence-corrected chi connectivity index (χ0v) is 18.4. The Morgan fingerprint density at radius 3 is 2.70 bits per heavy atom. The number of hydrogen-bond donors (Lipinski definition) is 1.